The van der Waals surface area contributed by atoms with Crippen molar-refractivity contribution in [1.82, 2.24) is 4.90 Å². The summed E-state index contributed by atoms with van der Waals surface area (Å²) < 4.78 is 5.41. The molecule has 0 spiro atoms. The SMILES string of the molecule is C1CCC2(N3CCOCC3)CC2C1. The van der Waals surface area contributed by atoms with E-state index in [1.54, 1.807) is 0 Å². The first-order valence-corrected chi connectivity index (χ1v) is 5.75. The van der Waals surface area contributed by atoms with Crippen LogP contribution in [0.1, 0.15) is 32.1 Å². The Bertz CT molecular complexity index is 200. The van der Waals surface area contributed by atoms with Crippen LogP contribution in [0.15, 0.2) is 0 Å². The average molecular weight is 181 g/mol. The maximum atomic E-state index is 5.41. The highest BCUT2D eigenvalue weighted by Gasteiger charge is 2.58. The molecule has 3 fully saturated rings. The van der Waals surface area contributed by atoms with Crippen LogP contribution in [0.5, 0.6) is 0 Å². The summed E-state index contributed by atoms with van der Waals surface area (Å²) in [5, 5.41) is 0. The summed E-state index contributed by atoms with van der Waals surface area (Å²) in [7, 11) is 0. The Balaban J connectivity index is 1.69. The van der Waals surface area contributed by atoms with Crippen LogP contribution in [0.3, 0.4) is 0 Å². The van der Waals surface area contributed by atoms with Gasteiger partial charge in [-0.15, -0.1) is 0 Å². The molecular formula is C11H19NO. The largest absolute Gasteiger partial charge is 0.379 e. The number of rotatable bonds is 1. The highest BCUT2D eigenvalue weighted by molar-refractivity contribution is 5.13. The topological polar surface area (TPSA) is 12.5 Å². The van der Waals surface area contributed by atoms with Crippen molar-refractivity contribution in [2.75, 3.05) is 26.3 Å². The fourth-order valence-electron chi connectivity index (χ4n) is 3.42. The molecule has 74 valence electrons. The van der Waals surface area contributed by atoms with E-state index in [1.165, 1.54) is 45.2 Å². The Morgan fingerprint density at radius 3 is 2.77 bits per heavy atom. The Hall–Kier alpha value is -0.0800. The molecule has 0 aromatic carbocycles. The molecule has 2 unspecified atom stereocenters. The summed E-state index contributed by atoms with van der Waals surface area (Å²) in [6.07, 6.45) is 7.41. The molecule has 3 aliphatic rings. The van der Waals surface area contributed by atoms with Crippen LogP contribution < -0.4 is 0 Å². The van der Waals surface area contributed by atoms with E-state index in [0.717, 1.165) is 19.1 Å². The van der Waals surface area contributed by atoms with Crippen molar-refractivity contribution in [3.63, 3.8) is 0 Å². The second kappa shape index (κ2) is 2.96. The van der Waals surface area contributed by atoms with Crippen molar-refractivity contribution < 1.29 is 4.74 Å². The quantitative estimate of drug-likeness (QED) is 0.610. The third-order valence-corrected chi connectivity index (χ3v) is 4.25. The number of hydrogen-bond donors (Lipinski definition) is 0. The van der Waals surface area contributed by atoms with Gasteiger partial charge in [0.1, 0.15) is 0 Å². The lowest BCUT2D eigenvalue weighted by atomic mass is 9.94. The maximum absolute atomic E-state index is 5.41. The van der Waals surface area contributed by atoms with Crippen LogP contribution in [-0.2, 0) is 4.74 Å². The minimum absolute atomic E-state index is 0.669. The lowest BCUT2D eigenvalue weighted by molar-refractivity contribution is -0.00124. The average Bonchev–Trinajstić information content (AvgIpc) is 2.94. The summed E-state index contributed by atoms with van der Waals surface area (Å²) in [4.78, 5) is 2.72. The summed E-state index contributed by atoms with van der Waals surface area (Å²) in [6.45, 7) is 4.32. The zero-order chi connectivity index (χ0) is 8.73. The normalized spacial score (nSPS) is 45.7. The second-order valence-corrected chi connectivity index (χ2v) is 4.85. The van der Waals surface area contributed by atoms with Crippen molar-refractivity contribution in [2.24, 2.45) is 5.92 Å². The predicted molar refractivity (Wildman–Crippen MR) is 51.7 cm³/mol. The van der Waals surface area contributed by atoms with E-state index >= 15 is 0 Å². The summed E-state index contributed by atoms with van der Waals surface area (Å²) in [6, 6.07) is 0. The summed E-state index contributed by atoms with van der Waals surface area (Å²) in [5.74, 6) is 1.05. The zero-order valence-corrected chi connectivity index (χ0v) is 8.30. The summed E-state index contributed by atoms with van der Waals surface area (Å²) in [5.41, 5.74) is 0.669. The van der Waals surface area contributed by atoms with Crippen LogP contribution in [-0.4, -0.2) is 36.7 Å². The lowest BCUT2D eigenvalue weighted by Crippen LogP contribution is -2.47. The molecule has 2 saturated carbocycles. The Morgan fingerprint density at radius 2 is 2.00 bits per heavy atom. The molecule has 0 amide bonds. The van der Waals surface area contributed by atoms with Gasteiger partial charge in [-0.3, -0.25) is 4.90 Å². The molecule has 0 radical (unpaired) electrons. The minimum atomic E-state index is 0.669. The van der Waals surface area contributed by atoms with Gasteiger partial charge in [-0.25, -0.2) is 0 Å². The van der Waals surface area contributed by atoms with Crippen molar-refractivity contribution in [3.05, 3.63) is 0 Å². The molecular weight excluding hydrogens is 162 g/mol. The first kappa shape index (κ1) is 8.25. The fourth-order valence-corrected chi connectivity index (χ4v) is 3.42. The van der Waals surface area contributed by atoms with E-state index in [0.29, 0.717) is 5.54 Å². The van der Waals surface area contributed by atoms with Gasteiger partial charge in [0.25, 0.3) is 0 Å². The Morgan fingerprint density at radius 1 is 1.15 bits per heavy atom. The van der Waals surface area contributed by atoms with E-state index in [2.05, 4.69) is 4.90 Å². The Kier molecular flexibility index (Phi) is 1.88. The monoisotopic (exact) mass is 181 g/mol. The van der Waals surface area contributed by atoms with Crippen LogP contribution in [0.25, 0.3) is 0 Å². The standard InChI is InChI=1S/C11H19NO/c1-2-4-11(9-10(11)3-1)12-5-7-13-8-6-12/h10H,1-9H2. The van der Waals surface area contributed by atoms with Crippen LogP contribution in [0, 0.1) is 5.92 Å². The molecule has 1 saturated heterocycles. The molecule has 2 aliphatic carbocycles. The number of nitrogens with zero attached hydrogens (tertiary/aromatic N) is 1. The van der Waals surface area contributed by atoms with Crippen LogP contribution in [0.2, 0.25) is 0 Å². The molecule has 0 bridgehead atoms. The highest BCUT2D eigenvalue weighted by Crippen LogP contribution is 2.57. The van der Waals surface area contributed by atoms with Gasteiger partial charge >= 0.3 is 0 Å². The van der Waals surface area contributed by atoms with Gasteiger partial charge < -0.3 is 4.74 Å². The minimum Gasteiger partial charge on any atom is -0.379 e. The molecule has 1 heterocycles. The lowest BCUT2D eigenvalue weighted by Gasteiger charge is -2.37. The smallest absolute Gasteiger partial charge is 0.0594 e. The van der Waals surface area contributed by atoms with Gasteiger partial charge in [-0.2, -0.15) is 0 Å². The summed E-state index contributed by atoms with van der Waals surface area (Å²) >= 11 is 0. The number of hydrogen-bond acceptors (Lipinski definition) is 2. The number of ether oxygens (including phenoxy) is 1. The third kappa shape index (κ3) is 1.23. The second-order valence-electron chi connectivity index (χ2n) is 4.85. The molecule has 0 N–H and O–H groups in total. The molecule has 2 nitrogen and oxygen atoms in total. The van der Waals surface area contributed by atoms with Crippen molar-refractivity contribution >= 4 is 0 Å². The van der Waals surface area contributed by atoms with Crippen LogP contribution >= 0.6 is 0 Å². The van der Waals surface area contributed by atoms with E-state index in [4.69, 9.17) is 4.74 Å². The first-order valence-electron chi connectivity index (χ1n) is 5.75. The number of fused-ring (bicyclic) bond motifs is 1. The highest BCUT2D eigenvalue weighted by atomic mass is 16.5. The van der Waals surface area contributed by atoms with E-state index < -0.39 is 0 Å². The predicted octanol–water partition coefficient (Wildman–Crippen LogP) is 1.65. The van der Waals surface area contributed by atoms with Crippen molar-refractivity contribution in [1.29, 1.82) is 0 Å². The molecule has 0 aromatic rings. The van der Waals surface area contributed by atoms with E-state index in [9.17, 15) is 0 Å². The van der Waals surface area contributed by atoms with Gasteiger partial charge in [0.2, 0.25) is 0 Å². The van der Waals surface area contributed by atoms with Gasteiger partial charge in [0, 0.05) is 18.6 Å². The molecule has 2 atom stereocenters. The van der Waals surface area contributed by atoms with Gasteiger partial charge in [0.05, 0.1) is 13.2 Å². The fraction of sp³-hybridized carbons (Fsp3) is 1.00. The molecule has 2 heteroatoms. The maximum Gasteiger partial charge on any atom is 0.0594 e. The van der Waals surface area contributed by atoms with E-state index in [-0.39, 0.29) is 0 Å². The van der Waals surface area contributed by atoms with Crippen molar-refractivity contribution in [3.8, 4) is 0 Å². The van der Waals surface area contributed by atoms with Gasteiger partial charge in [-0.1, -0.05) is 12.8 Å². The van der Waals surface area contributed by atoms with E-state index in [1.807, 2.05) is 0 Å². The molecule has 13 heavy (non-hydrogen) atoms. The van der Waals surface area contributed by atoms with Gasteiger partial charge in [0.15, 0.2) is 0 Å². The third-order valence-electron chi connectivity index (χ3n) is 4.25. The Labute approximate surface area is 80.2 Å². The van der Waals surface area contributed by atoms with Crippen molar-refractivity contribution in [2.45, 2.75) is 37.6 Å². The van der Waals surface area contributed by atoms with Crippen LogP contribution in [0.4, 0.5) is 0 Å². The zero-order valence-electron chi connectivity index (χ0n) is 8.30. The number of morpholine rings is 1. The molecule has 0 aromatic heterocycles. The first-order chi connectivity index (χ1) is 6.42. The molecule has 3 rings (SSSR count). The molecule has 1 aliphatic heterocycles. The van der Waals surface area contributed by atoms with Gasteiger partial charge in [-0.05, 0) is 25.2 Å².